The van der Waals surface area contributed by atoms with E-state index in [-0.39, 0.29) is 10.8 Å². The maximum absolute atomic E-state index is 13.2. The third-order valence-electron chi connectivity index (χ3n) is 5.56. The van der Waals surface area contributed by atoms with Crippen LogP contribution in [0, 0.1) is 0 Å². The molecule has 1 amide bonds. The van der Waals surface area contributed by atoms with Crippen LogP contribution >= 0.6 is 0 Å². The van der Waals surface area contributed by atoms with E-state index in [1.165, 1.54) is 30.5 Å². The number of benzene rings is 2. The highest BCUT2D eigenvalue weighted by Gasteiger charge is 2.29. The lowest BCUT2D eigenvalue weighted by atomic mass is 10.1. The van der Waals surface area contributed by atoms with E-state index < -0.39 is 10.0 Å². The Morgan fingerprint density at radius 3 is 2.56 bits per heavy atom. The van der Waals surface area contributed by atoms with E-state index in [0.29, 0.717) is 37.6 Å². The number of hydrogen-bond acceptors (Lipinski definition) is 6. The van der Waals surface area contributed by atoms with Gasteiger partial charge in [-0.05, 0) is 29.8 Å². The molecule has 1 aliphatic rings. The largest absolute Gasteiger partial charge is 0.495 e. The van der Waals surface area contributed by atoms with Gasteiger partial charge in [0.25, 0.3) is 0 Å². The van der Waals surface area contributed by atoms with Crippen LogP contribution in [-0.2, 0) is 21.4 Å². The number of hydrogen-bond donors (Lipinski definition) is 1. The second-order valence-corrected chi connectivity index (χ2v) is 9.65. The van der Waals surface area contributed by atoms with Crippen LogP contribution < -0.4 is 10.1 Å². The van der Waals surface area contributed by atoms with Crippen LogP contribution in [0.5, 0.6) is 5.75 Å². The van der Waals surface area contributed by atoms with E-state index in [0.717, 1.165) is 23.0 Å². The van der Waals surface area contributed by atoms with Gasteiger partial charge in [0.15, 0.2) is 0 Å². The molecule has 168 valence electrons. The number of nitrogens with one attached hydrogen (secondary N) is 1. The van der Waals surface area contributed by atoms with E-state index >= 15 is 0 Å². The number of pyridine rings is 1. The Kier molecular flexibility index (Phi) is 6.40. The van der Waals surface area contributed by atoms with Crippen LogP contribution in [0.2, 0.25) is 0 Å². The van der Waals surface area contributed by atoms with Gasteiger partial charge in [0.05, 0.1) is 23.2 Å². The molecule has 4 rings (SSSR count). The highest BCUT2D eigenvalue weighted by molar-refractivity contribution is 7.89. The van der Waals surface area contributed by atoms with Crippen molar-refractivity contribution in [3.8, 4) is 5.75 Å². The molecule has 0 radical (unpaired) electrons. The average Bonchev–Trinajstić information content (AvgIpc) is 2.79. The molecule has 0 aliphatic carbocycles. The molecule has 2 aromatic carbocycles. The van der Waals surface area contributed by atoms with Crippen molar-refractivity contribution in [1.29, 1.82) is 0 Å². The molecular formula is C23H26N4O4S. The lowest BCUT2D eigenvalue weighted by Gasteiger charge is -2.34. The zero-order valence-corrected chi connectivity index (χ0v) is 18.9. The first-order valence-electron chi connectivity index (χ1n) is 10.4. The van der Waals surface area contributed by atoms with E-state index in [1.807, 2.05) is 24.3 Å². The molecule has 1 aliphatic heterocycles. The lowest BCUT2D eigenvalue weighted by Crippen LogP contribution is -2.48. The van der Waals surface area contributed by atoms with Gasteiger partial charge in [0, 0.05) is 51.2 Å². The van der Waals surface area contributed by atoms with E-state index in [2.05, 4.69) is 21.3 Å². The van der Waals surface area contributed by atoms with Crippen molar-refractivity contribution < 1.29 is 17.9 Å². The fraction of sp³-hybridized carbons (Fsp3) is 0.304. The number of rotatable bonds is 6. The van der Waals surface area contributed by atoms with Gasteiger partial charge in [0.2, 0.25) is 15.9 Å². The van der Waals surface area contributed by atoms with Gasteiger partial charge >= 0.3 is 0 Å². The Hall–Kier alpha value is -3.01. The lowest BCUT2D eigenvalue weighted by molar-refractivity contribution is -0.114. The average molecular weight is 455 g/mol. The molecule has 0 unspecified atom stereocenters. The number of fused-ring (bicyclic) bond motifs is 1. The molecule has 32 heavy (non-hydrogen) atoms. The molecule has 1 N–H and O–H groups in total. The number of para-hydroxylation sites is 1. The van der Waals surface area contributed by atoms with Crippen molar-refractivity contribution >= 4 is 32.5 Å². The van der Waals surface area contributed by atoms with Crippen LogP contribution in [0.4, 0.5) is 5.69 Å². The van der Waals surface area contributed by atoms with Crippen LogP contribution in [0.15, 0.2) is 59.6 Å². The topological polar surface area (TPSA) is 91.8 Å². The summed E-state index contributed by atoms with van der Waals surface area (Å²) in [4.78, 5) is 18.4. The van der Waals surface area contributed by atoms with Crippen molar-refractivity contribution in [1.82, 2.24) is 14.2 Å². The molecule has 0 saturated carbocycles. The number of sulfonamides is 1. The molecule has 2 heterocycles. The Morgan fingerprint density at radius 1 is 1.09 bits per heavy atom. The van der Waals surface area contributed by atoms with Gasteiger partial charge in [0.1, 0.15) is 5.75 Å². The van der Waals surface area contributed by atoms with Crippen molar-refractivity contribution in [2.75, 3.05) is 38.6 Å². The summed E-state index contributed by atoms with van der Waals surface area (Å²) >= 11 is 0. The zero-order valence-electron chi connectivity index (χ0n) is 18.1. The van der Waals surface area contributed by atoms with Crippen molar-refractivity contribution in [2.45, 2.75) is 18.4 Å². The van der Waals surface area contributed by atoms with Crippen molar-refractivity contribution in [3.05, 3.63) is 60.3 Å². The standard InChI is InChI=1S/C23H26N4O4S/c1-17(28)25-21-15-20(8-9-22(21)31-2)32(29,30)27-13-11-26(12-14-27)16-19-6-3-5-18-7-4-10-24-23(18)19/h3-10,15H,11-14,16H2,1-2H3,(H,25,28). The fourth-order valence-electron chi connectivity index (χ4n) is 3.95. The molecule has 1 aromatic heterocycles. The minimum atomic E-state index is -3.69. The van der Waals surface area contributed by atoms with Gasteiger partial charge < -0.3 is 10.1 Å². The van der Waals surface area contributed by atoms with Crippen LogP contribution in [0.1, 0.15) is 12.5 Å². The third-order valence-corrected chi connectivity index (χ3v) is 7.46. The second kappa shape index (κ2) is 9.23. The number of piperazine rings is 1. The quantitative estimate of drug-likeness (QED) is 0.616. The minimum Gasteiger partial charge on any atom is -0.495 e. The third kappa shape index (κ3) is 4.59. The predicted molar refractivity (Wildman–Crippen MR) is 123 cm³/mol. The number of methoxy groups -OCH3 is 1. The molecule has 0 bridgehead atoms. The minimum absolute atomic E-state index is 0.133. The van der Waals surface area contributed by atoms with Gasteiger partial charge in [-0.25, -0.2) is 8.42 Å². The summed E-state index contributed by atoms with van der Waals surface area (Å²) in [5, 5.41) is 3.73. The smallest absolute Gasteiger partial charge is 0.243 e. The first kappa shape index (κ1) is 22.2. The summed E-state index contributed by atoms with van der Waals surface area (Å²) in [5.41, 5.74) is 2.45. The number of aromatic nitrogens is 1. The summed E-state index contributed by atoms with van der Waals surface area (Å²) in [6, 6.07) is 14.6. The SMILES string of the molecule is COc1ccc(S(=O)(=O)N2CCN(Cc3cccc4cccnc34)CC2)cc1NC(C)=O. The molecule has 9 heteroatoms. The Bertz CT molecular complexity index is 1230. The first-order valence-corrected chi connectivity index (χ1v) is 11.8. The second-order valence-electron chi connectivity index (χ2n) is 7.72. The molecule has 8 nitrogen and oxygen atoms in total. The number of carbonyl (C=O) groups is 1. The maximum atomic E-state index is 13.2. The van der Waals surface area contributed by atoms with Crippen LogP contribution in [-0.4, -0.2) is 61.8 Å². The number of carbonyl (C=O) groups excluding carboxylic acids is 1. The molecular weight excluding hydrogens is 428 g/mol. The maximum Gasteiger partial charge on any atom is 0.243 e. The molecule has 0 atom stereocenters. The van der Waals surface area contributed by atoms with Crippen molar-refractivity contribution in [2.24, 2.45) is 0 Å². The normalized spacial score (nSPS) is 15.6. The van der Waals surface area contributed by atoms with Gasteiger partial charge in [-0.3, -0.25) is 14.7 Å². The Balaban J connectivity index is 1.47. The molecule has 0 spiro atoms. The van der Waals surface area contributed by atoms with Crippen LogP contribution in [0.25, 0.3) is 10.9 Å². The number of ether oxygens (including phenoxy) is 1. The summed E-state index contributed by atoms with van der Waals surface area (Å²) in [6.45, 7) is 4.11. The summed E-state index contributed by atoms with van der Waals surface area (Å²) in [6.07, 6.45) is 1.79. The molecule has 1 saturated heterocycles. The summed E-state index contributed by atoms with van der Waals surface area (Å²) in [7, 11) is -2.22. The highest BCUT2D eigenvalue weighted by Crippen LogP contribution is 2.29. The summed E-state index contributed by atoms with van der Waals surface area (Å²) in [5.74, 6) is 0.113. The van der Waals surface area contributed by atoms with E-state index in [9.17, 15) is 13.2 Å². The van der Waals surface area contributed by atoms with E-state index in [4.69, 9.17) is 4.74 Å². The van der Waals surface area contributed by atoms with Crippen molar-refractivity contribution in [3.63, 3.8) is 0 Å². The number of amides is 1. The number of nitrogens with zero attached hydrogens (tertiary/aromatic N) is 3. The van der Waals surface area contributed by atoms with Gasteiger partial charge in [-0.1, -0.05) is 24.3 Å². The first-order chi connectivity index (χ1) is 15.4. The van der Waals surface area contributed by atoms with Gasteiger partial charge in [-0.2, -0.15) is 4.31 Å². The zero-order chi connectivity index (χ0) is 22.7. The number of anilines is 1. The van der Waals surface area contributed by atoms with Gasteiger partial charge in [-0.15, -0.1) is 0 Å². The Labute approximate surface area is 187 Å². The van der Waals surface area contributed by atoms with Crippen LogP contribution in [0.3, 0.4) is 0 Å². The summed E-state index contributed by atoms with van der Waals surface area (Å²) < 4.78 is 33.1. The van der Waals surface area contributed by atoms with E-state index in [1.54, 1.807) is 12.3 Å². The fourth-order valence-corrected chi connectivity index (χ4v) is 5.40. The molecule has 1 fully saturated rings. The monoisotopic (exact) mass is 454 g/mol. The predicted octanol–water partition coefficient (Wildman–Crippen LogP) is 2.71. The highest BCUT2D eigenvalue weighted by atomic mass is 32.2. The molecule has 3 aromatic rings. The Morgan fingerprint density at radius 2 is 1.84 bits per heavy atom.